The van der Waals surface area contributed by atoms with Crippen LogP contribution in [-0.2, 0) is 0 Å². The fourth-order valence-electron chi connectivity index (χ4n) is 2.09. The lowest BCUT2D eigenvalue weighted by molar-refractivity contribution is -0.356. The summed E-state index contributed by atoms with van der Waals surface area (Å²) in [5.41, 5.74) is 1.07. The van der Waals surface area contributed by atoms with Crippen LogP contribution in [0.25, 0.3) is 0 Å². The maximum Gasteiger partial charge on any atom is 0.272 e. The molecule has 0 atom stereocenters. The maximum absolute atomic E-state index is 12.9. The summed E-state index contributed by atoms with van der Waals surface area (Å²) in [5, 5.41) is 12.2. The molecule has 3 rings (SSSR count). The van der Waals surface area contributed by atoms with Crippen LogP contribution in [0.2, 0.25) is 0 Å². The summed E-state index contributed by atoms with van der Waals surface area (Å²) in [6.45, 7) is 0. The van der Waals surface area contributed by atoms with Gasteiger partial charge in [-0.1, -0.05) is 6.07 Å². The molecule has 0 amide bonds. The number of carbonyl (C=O) groups excluding carboxylic acids is 1. The van der Waals surface area contributed by atoms with Crippen molar-refractivity contribution in [3.8, 4) is 0 Å². The van der Waals surface area contributed by atoms with Gasteiger partial charge < -0.3 is 5.21 Å². The van der Waals surface area contributed by atoms with E-state index in [1.165, 1.54) is 24.3 Å². The fourth-order valence-corrected chi connectivity index (χ4v) is 2.62. The molecule has 0 aliphatic carbocycles. The molecule has 0 saturated carbocycles. The molecule has 5 heteroatoms. The fraction of sp³-hybridized carbons (Fsp3) is 0. The molecule has 1 heterocycles. The van der Waals surface area contributed by atoms with E-state index in [9.17, 15) is 14.4 Å². The number of Topliss-reactive ketones (excluding diaryl/α,β-unsaturated/α-hetero) is 1. The van der Waals surface area contributed by atoms with Gasteiger partial charge in [0, 0.05) is 0 Å². The van der Waals surface area contributed by atoms with E-state index in [1.54, 1.807) is 18.2 Å². The predicted octanol–water partition coefficient (Wildman–Crippen LogP) is 3.42. The van der Waals surface area contributed by atoms with E-state index in [-0.39, 0.29) is 11.5 Å². The molecule has 0 aromatic heterocycles. The minimum Gasteiger partial charge on any atom is -0.618 e. The van der Waals surface area contributed by atoms with Crippen molar-refractivity contribution in [3.63, 3.8) is 0 Å². The summed E-state index contributed by atoms with van der Waals surface area (Å²) < 4.78 is 14.1. The van der Waals surface area contributed by atoms with E-state index in [0.29, 0.717) is 26.0 Å². The Hall–Kier alpha value is -2.01. The summed E-state index contributed by atoms with van der Waals surface area (Å²) in [4.78, 5) is 12.3. The monoisotopic (exact) mass is 319 g/mol. The Kier molecular flexibility index (Phi) is 2.71. The van der Waals surface area contributed by atoms with Crippen LogP contribution in [-0.4, -0.2) is 16.2 Å². The second-order valence-electron chi connectivity index (χ2n) is 4.12. The molecule has 0 radical (unpaired) electrons. The zero-order valence-corrected chi connectivity index (χ0v) is 11.1. The Morgan fingerprint density at radius 2 is 1.79 bits per heavy atom. The third kappa shape index (κ3) is 1.77. The van der Waals surface area contributed by atoms with Gasteiger partial charge in [-0.3, -0.25) is 4.79 Å². The molecular weight excluding hydrogens is 313 g/mol. The summed E-state index contributed by atoms with van der Waals surface area (Å²) in [7, 11) is 0. The van der Waals surface area contributed by atoms with Crippen molar-refractivity contribution in [2.24, 2.45) is 0 Å². The molecular formula is C14H7BrFNO2. The summed E-state index contributed by atoms with van der Waals surface area (Å²) in [5.74, 6) is -0.760. The highest BCUT2D eigenvalue weighted by Crippen LogP contribution is 2.34. The molecule has 3 nitrogen and oxygen atoms in total. The molecule has 0 fully saturated rings. The third-order valence-electron chi connectivity index (χ3n) is 2.97. The smallest absolute Gasteiger partial charge is 0.272 e. The van der Waals surface area contributed by atoms with Gasteiger partial charge in [0.1, 0.15) is 11.4 Å². The van der Waals surface area contributed by atoms with Crippen molar-refractivity contribution in [2.75, 3.05) is 0 Å². The first-order valence-electron chi connectivity index (χ1n) is 5.53. The standard InChI is InChI=1S/C14H7BrFNO2/c15-11-3-1-2-10-13(11)17(19)12(14(10)18)8-4-6-9(16)7-5-8/h1-7H. The van der Waals surface area contributed by atoms with Crippen molar-refractivity contribution < 1.29 is 13.9 Å². The van der Waals surface area contributed by atoms with Crippen molar-refractivity contribution in [3.05, 3.63) is 69.1 Å². The minimum absolute atomic E-state index is 0.0156. The summed E-state index contributed by atoms with van der Waals surface area (Å²) in [6, 6.07) is 10.3. The molecule has 2 aromatic carbocycles. The van der Waals surface area contributed by atoms with Gasteiger partial charge in [-0.2, -0.15) is 4.74 Å². The Morgan fingerprint density at radius 1 is 1.11 bits per heavy atom. The van der Waals surface area contributed by atoms with Crippen LogP contribution in [0, 0.1) is 11.0 Å². The van der Waals surface area contributed by atoms with E-state index >= 15 is 0 Å². The Balaban J connectivity index is 2.22. The van der Waals surface area contributed by atoms with Crippen LogP contribution < -0.4 is 0 Å². The number of hydrogen-bond acceptors (Lipinski definition) is 2. The Morgan fingerprint density at radius 3 is 2.42 bits per heavy atom. The van der Waals surface area contributed by atoms with Crippen molar-refractivity contribution >= 4 is 33.1 Å². The SMILES string of the molecule is O=C1C(c2ccc(F)cc2)=[N+]([O-])c2c(Br)cccc21. The van der Waals surface area contributed by atoms with Crippen molar-refractivity contribution in [1.29, 1.82) is 0 Å². The van der Waals surface area contributed by atoms with E-state index in [2.05, 4.69) is 15.9 Å². The molecule has 2 aromatic rings. The highest BCUT2D eigenvalue weighted by Gasteiger charge is 2.37. The Labute approximate surface area is 116 Å². The molecule has 1 aliphatic heterocycles. The second kappa shape index (κ2) is 4.28. The van der Waals surface area contributed by atoms with Gasteiger partial charge in [0.15, 0.2) is 0 Å². The Bertz CT molecular complexity index is 723. The number of rotatable bonds is 1. The normalized spacial score (nSPS) is 13.9. The lowest BCUT2D eigenvalue weighted by Gasteiger charge is -2.03. The molecule has 0 saturated heterocycles. The summed E-state index contributed by atoms with van der Waals surface area (Å²) in [6.07, 6.45) is 0. The van der Waals surface area contributed by atoms with Crippen molar-refractivity contribution in [1.82, 2.24) is 0 Å². The number of nitrogens with zero attached hydrogens (tertiary/aromatic N) is 1. The first-order chi connectivity index (χ1) is 9.09. The lowest BCUT2D eigenvalue weighted by Crippen LogP contribution is -2.16. The van der Waals surface area contributed by atoms with Gasteiger partial charge >= 0.3 is 0 Å². The average Bonchev–Trinajstić information content (AvgIpc) is 2.65. The number of ketones is 1. The van der Waals surface area contributed by atoms with Gasteiger partial charge in [-0.05, 0) is 52.3 Å². The third-order valence-corrected chi connectivity index (χ3v) is 3.61. The largest absolute Gasteiger partial charge is 0.618 e. The molecule has 0 bridgehead atoms. The van der Waals surface area contributed by atoms with E-state index in [4.69, 9.17) is 0 Å². The van der Waals surface area contributed by atoms with Crippen LogP contribution in [0.4, 0.5) is 10.1 Å². The highest BCUT2D eigenvalue weighted by atomic mass is 79.9. The molecule has 1 aliphatic rings. The zero-order chi connectivity index (χ0) is 13.6. The first-order valence-corrected chi connectivity index (χ1v) is 6.32. The molecule has 0 N–H and O–H groups in total. The number of para-hydroxylation sites is 1. The second-order valence-corrected chi connectivity index (χ2v) is 4.97. The lowest BCUT2D eigenvalue weighted by atomic mass is 10.0. The highest BCUT2D eigenvalue weighted by molar-refractivity contribution is 9.10. The van der Waals surface area contributed by atoms with Gasteiger partial charge in [-0.25, -0.2) is 4.39 Å². The van der Waals surface area contributed by atoms with Crippen LogP contribution >= 0.6 is 15.9 Å². The number of carbonyl (C=O) groups is 1. The first kappa shape index (κ1) is 12.0. The zero-order valence-electron chi connectivity index (χ0n) is 9.56. The van der Waals surface area contributed by atoms with E-state index in [0.717, 1.165) is 0 Å². The van der Waals surface area contributed by atoms with E-state index in [1.807, 2.05) is 0 Å². The quantitative estimate of drug-likeness (QED) is 0.597. The van der Waals surface area contributed by atoms with Crippen LogP contribution in [0.1, 0.15) is 15.9 Å². The average molecular weight is 320 g/mol. The topological polar surface area (TPSA) is 43.1 Å². The number of halogens is 2. The van der Waals surface area contributed by atoms with Crippen LogP contribution in [0.15, 0.2) is 46.9 Å². The van der Waals surface area contributed by atoms with Gasteiger partial charge in [-0.15, -0.1) is 0 Å². The summed E-state index contributed by atoms with van der Waals surface area (Å²) >= 11 is 3.26. The number of hydrogen-bond donors (Lipinski definition) is 0. The molecule has 19 heavy (non-hydrogen) atoms. The van der Waals surface area contributed by atoms with Crippen LogP contribution in [0.5, 0.6) is 0 Å². The van der Waals surface area contributed by atoms with Gasteiger partial charge in [0.25, 0.3) is 11.5 Å². The van der Waals surface area contributed by atoms with E-state index < -0.39 is 5.82 Å². The van der Waals surface area contributed by atoms with Crippen molar-refractivity contribution in [2.45, 2.75) is 0 Å². The van der Waals surface area contributed by atoms with Crippen LogP contribution in [0.3, 0.4) is 0 Å². The molecule has 0 unspecified atom stereocenters. The number of benzene rings is 2. The van der Waals surface area contributed by atoms with Gasteiger partial charge in [0.05, 0.1) is 10.0 Å². The number of fused-ring (bicyclic) bond motifs is 1. The molecule has 94 valence electrons. The predicted molar refractivity (Wildman–Crippen MR) is 72.3 cm³/mol. The minimum atomic E-state index is -0.411. The molecule has 0 spiro atoms. The van der Waals surface area contributed by atoms with Gasteiger partial charge in [0.2, 0.25) is 5.69 Å². The maximum atomic E-state index is 12.9.